The largest absolute Gasteiger partial charge is 0.490 e. The molecule has 0 aliphatic heterocycles. The normalized spacial score (nSPS) is 10.0. The fourth-order valence-corrected chi connectivity index (χ4v) is 3.92. The Kier molecular flexibility index (Phi) is 17.3. The number of carbonyl (C=O) groups excluding carboxylic acids is 4. The van der Waals surface area contributed by atoms with Gasteiger partial charge in [0.15, 0.2) is 17.3 Å². The fraction of sp³-hybridized carbons (Fsp3) is 0.263. The maximum Gasteiger partial charge on any atom is 0.330 e. The van der Waals surface area contributed by atoms with Crippen LogP contribution in [0, 0.1) is 0 Å². The van der Waals surface area contributed by atoms with Gasteiger partial charge in [-0.1, -0.05) is 68.3 Å². The van der Waals surface area contributed by atoms with Crippen molar-refractivity contribution in [1.29, 1.82) is 0 Å². The average Bonchev–Trinajstić information content (AvgIpc) is 3.09. The number of ketones is 1. The summed E-state index contributed by atoms with van der Waals surface area (Å²) in [5.41, 5.74) is 5.20. The molecule has 0 fully saturated rings. The van der Waals surface area contributed by atoms with Gasteiger partial charge >= 0.3 is 11.9 Å². The van der Waals surface area contributed by atoms with E-state index in [1.54, 1.807) is 32.2 Å². The highest BCUT2D eigenvalue weighted by molar-refractivity contribution is 5.98. The molecule has 0 aliphatic carbocycles. The maximum absolute atomic E-state index is 13.2. The molecule has 0 N–H and O–H groups in total. The van der Waals surface area contributed by atoms with Gasteiger partial charge in [0.25, 0.3) is 0 Å². The number of hydrogen-bond donors (Lipinski definition) is 0. The van der Waals surface area contributed by atoms with Crippen molar-refractivity contribution in [3.63, 3.8) is 0 Å². The lowest BCUT2D eigenvalue weighted by molar-refractivity contribution is -0.138. The predicted molar refractivity (Wildman–Crippen MR) is 180 cm³/mol. The Morgan fingerprint density at radius 1 is 0.702 bits per heavy atom. The second-order valence-corrected chi connectivity index (χ2v) is 10.2. The summed E-state index contributed by atoms with van der Waals surface area (Å²) in [4.78, 5) is 45.0. The van der Waals surface area contributed by atoms with Gasteiger partial charge in [0.2, 0.25) is 0 Å². The van der Waals surface area contributed by atoms with Crippen LogP contribution in [-0.4, -0.2) is 57.5 Å². The minimum Gasteiger partial charge on any atom is -0.490 e. The van der Waals surface area contributed by atoms with Gasteiger partial charge in [-0.15, -0.1) is 0 Å². The van der Waals surface area contributed by atoms with Gasteiger partial charge in [-0.05, 0) is 52.9 Å². The van der Waals surface area contributed by atoms with Gasteiger partial charge in [-0.25, -0.2) is 9.59 Å². The van der Waals surface area contributed by atoms with Crippen LogP contribution in [0.15, 0.2) is 104 Å². The molecule has 0 saturated heterocycles. The van der Waals surface area contributed by atoms with Crippen molar-refractivity contribution in [2.75, 3.05) is 33.5 Å². The Morgan fingerprint density at radius 3 is 1.66 bits per heavy atom. The summed E-state index contributed by atoms with van der Waals surface area (Å²) >= 11 is 0. The van der Waals surface area contributed by atoms with E-state index in [-0.39, 0.29) is 38.6 Å². The number of hydrogen-bond acceptors (Lipinski definition) is 9. The third-order valence-corrected chi connectivity index (χ3v) is 6.30. The van der Waals surface area contributed by atoms with E-state index >= 15 is 0 Å². The van der Waals surface area contributed by atoms with Crippen LogP contribution in [0.3, 0.4) is 0 Å². The number of esters is 2. The monoisotopic (exact) mass is 642 g/mol. The molecule has 3 aromatic rings. The summed E-state index contributed by atoms with van der Waals surface area (Å²) in [5.74, 6) is -0.224. The first kappa shape index (κ1) is 37.9. The second-order valence-electron chi connectivity index (χ2n) is 10.2. The molecule has 0 atom stereocenters. The van der Waals surface area contributed by atoms with Gasteiger partial charge < -0.3 is 23.7 Å². The molecule has 0 amide bonds. The maximum atomic E-state index is 13.2. The van der Waals surface area contributed by atoms with Crippen LogP contribution < -0.4 is 9.47 Å². The van der Waals surface area contributed by atoms with Gasteiger partial charge in [0, 0.05) is 44.1 Å². The highest BCUT2D eigenvalue weighted by atomic mass is 16.5. The Balaban J connectivity index is 0.00000142. The molecular formula is C38H42O9. The van der Waals surface area contributed by atoms with Crippen molar-refractivity contribution >= 4 is 24.0 Å². The third kappa shape index (κ3) is 14.6. The topological polar surface area (TPSA) is 114 Å². The van der Waals surface area contributed by atoms with Gasteiger partial charge in [0.05, 0.1) is 33.0 Å². The molecule has 0 aromatic heterocycles. The third-order valence-electron chi connectivity index (χ3n) is 6.30. The molecule has 0 bridgehead atoms. The zero-order valence-corrected chi connectivity index (χ0v) is 27.0. The summed E-state index contributed by atoms with van der Waals surface area (Å²) in [6, 6.07) is 21.1. The van der Waals surface area contributed by atoms with E-state index in [0.717, 1.165) is 40.7 Å². The molecule has 0 saturated carbocycles. The van der Waals surface area contributed by atoms with E-state index in [1.807, 2.05) is 36.4 Å². The number of benzene rings is 3. The minimum absolute atomic E-state index is 0.0701. The van der Waals surface area contributed by atoms with Crippen LogP contribution in [0.25, 0.3) is 11.1 Å². The number of allylic oxidation sites excluding steroid dienone is 1. The van der Waals surface area contributed by atoms with E-state index in [2.05, 4.69) is 31.9 Å². The Labute approximate surface area is 276 Å². The van der Waals surface area contributed by atoms with Crippen molar-refractivity contribution in [3.8, 4) is 22.6 Å². The molecule has 9 nitrogen and oxygen atoms in total. The molecule has 0 radical (unpaired) electrons. The van der Waals surface area contributed by atoms with Crippen LogP contribution in [0.4, 0.5) is 0 Å². The molecule has 3 rings (SSSR count). The molecule has 248 valence electrons. The van der Waals surface area contributed by atoms with Crippen LogP contribution >= 0.6 is 0 Å². The van der Waals surface area contributed by atoms with Crippen molar-refractivity contribution in [2.24, 2.45) is 0 Å². The number of Topliss-reactive ketones (excluding diaryl/α,β-unsaturated/α-hetero) is 1. The van der Waals surface area contributed by atoms with E-state index in [4.69, 9.17) is 23.7 Å². The molecule has 0 spiro atoms. The minimum atomic E-state index is -0.503. The lowest BCUT2D eigenvalue weighted by Crippen LogP contribution is -2.10. The number of methoxy groups -OCH3 is 1. The summed E-state index contributed by atoms with van der Waals surface area (Å²) in [5, 5.41) is 0. The summed E-state index contributed by atoms with van der Waals surface area (Å²) in [6.45, 7) is 13.1. The van der Waals surface area contributed by atoms with E-state index in [0.29, 0.717) is 42.1 Å². The van der Waals surface area contributed by atoms with Crippen molar-refractivity contribution in [2.45, 2.75) is 32.8 Å². The lowest BCUT2D eigenvalue weighted by atomic mass is 9.99. The van der Waals surface area contributed by atoms with Crippen LogP contribution in [-0.2, 0) is 41.6 Å². The van der Waals surface area contributed by atoms with Crippen molar-refractivity contribution in [3.05, 3.63) is 121 Å². The molecular weight excluding hydrogens is 600 g/mol. The van der Waals surface area contributed by atoms with Gasteiger partial charge in [-0.2, -0.15) is 0 Å². The average molecular weight is 643 g/mol. The number of aldehydes is 1. The SMILES string of the molecule is C=C(C)C=O.C=CC(=O)OCCCOc1ccc(C(=O)Cc2ccc(-c3ccc(COC)cc3)cc2)cc1OCCCOC(=O)C=C. The standard InChI is InChI=1S/C34H36O8.C4H6O/c1-4-33(36)41-20-6-18-39-31-17-16-29(23-32(31)40-19-7-21-42-34(37)5-2)30(35)22-25-8-12-27(13-9-25)28-14-10-26(11-15-28)24-38-3;1-4(2)3-5/h4-5,8-17,23H,1-2,6-7,18-22,24H2,3H3;3H,1H2,2H3. The van der Waals surface area contributed by atoms with Crippen LogP contribution in [0.2, 0.25) is 0 Å². The summed E-state index contributed by atoms with van der Waals surface area (Å²) in [7, 11) is 1.67. The second kappa shape index (κ2) is 21.5. The summed E-state index contributed by atoms with van der Waals surface area (Å²) < 4.78 is 26.9. The number of rotatable bonds is 19. The molecule has 9 heteroatoms. The highest BCUT2D eigenvalue weighted by Crippen LogP contribution is 2.30. The Hall–Kier alpha value is -5.28. The van der Waals surface area contributed by atoms with E-state index in [9.17, 15) is 19.2 Å². The number of ether oxygens (including phenoxy) is 5. The lowest BCUT2D eigenvalue weighted by Gasteiger charge is -2.14. The molecule has 0 unspecified atom stereocenters. The van der Waals surface area contributed by atoms with Crippen LogP contribution in [0.1, 0.15) is 41.3 Å². The molecule has 0 heterocycles. The molecule has 47 heavy (non-hydrogen) atoms. The molecule has 3 aromatic carbocycles. The Bertz CT molecular complexity index is 1490. The van der Waals surface area contributed by atoms with E-state index < -0.39 is 11.9 Å². The highest BCUT2D eigenvalue weighted by Gasteiger charge is 2.14. The zero-order chi connectivity index (χ0) is 34.4. The fourth-order valence-electron chi connectivity index (χ4n) is 3.92. The van der Waals surface area contributed by atoms with Crippen LogP contribution in [0.5, 0.6) is 11.5 Å². The summed E-state index contributed by atoms with van der Waals surface area (Å²) in [6.07, 6.45) is 4.05. The van der Waals surface area contributed by atoms with Crippen molar-refractivity contribution in [1.82, 2.24) is 0 Å². The van der Waals surface area contributed by atoms with Gasteiger partial charge in [0.1, 0.15) is 6.29 Å². The number of carbonyl (C=O) groups is 4. The first-order chi connectivity index (χ1) is 22.7. The van der Waals surface area contributed by atoms with E-state index in [1.165, 1.54) is 0 Å². The van der Waals surface area contributed by atoms with Gasteiger partial charge in [-0.3, -0.25) is 9.59 Å². The first-order valence-corrected chi connectivity index (χ1v) is 15.0. The molecule has 0 aliphatic rings. The Morgan fingerprint density at radius 2 is 1.19 bits per heavy atom. The first-order valence-electron chi connectivity index (χ1n) is 15.0. The predicted octanol–water partition coefficient (Wildman–Crippen LogP) is 6.68. The zero-order valence-electron chi connectivity index (χ0n) is 27.0. The quantitative estimate of drug-likeness (QED) is 0.0464. The van der Waals surface area contributed by atoms with Crippen molar-refractivity contribution < 1.29 is 42.9 Å². The smallest absolute Gasteiger partial charge is 0.330 e.